The number of hydrogen-bond donors (Lipinski definition) is 0. The molecule has 0 N–H and O–H groups in total. The van der Waals surface area contributed by atoms with E-state index in [1.54, 1.807) is 0 Å². The Kier molecular flexibility index (Phi) is 8.11. The van der Waals surface area contributed by atoms with Crippen LogP contribution in [-0.4, -0.2) is 13.2 Å². The summed E-state index contributed by atoms with van der Waals surface area (Å²) in [4.78, 5) is 0. The molecule has 1 aromatic carbocycles. The van der Waals surface area contributed by atoms with Crippen LogP contribution < -0.4 is 9.47 Å². The second-order valence-electron chi connectivity index (χ2n) is 4.59. The summed E-state index contributed by atoms with van der Waals surface area (Å²) in [7, 11) is 0. The Balaban J connectivity index is 2.26. The van der Waals surface area contributed by atoms with Gasteiger partial charge in [0, 0.05) is 6.07 Å². The molecule has 2 heteroatoms. The lowest BCUT2D eigenvalue weighted by atomic mass is 10.2. The molecule has 0 saturated heterocycles. The zero-order valence-electron chi connectivity index (χ0n) is 11.8. The minimum Gasteiger partial charge on any atom is -0.493 e. The van der Waals surface area contributed by atoms with Crippen LogP contribution in [0.5, 0.6) is 11.5 Å². The van der Waals surface area contributed by atoms with Gasteiger partial charge in [0.1, 0.15) is 11.5 Å². The molecule has 0 fully saturated rings. The van der Waals surface area contributed by atoms with Crippen LogP contribution in [0, 0.1) is 0 Å². The van der Waals surface area contributed by atoms with Crippen molar-refractivity contribution in [2.75, 3.05) is 13.2 Å². The summed E-state index contributed by atoms with van der Waals surface area (Å²) in [5.41, 5.74) is 0. The van der Waals surface area contributed by atoms with Crippen LogP contribution in [0.3, 0.4) is 0 Å². The van der Waals surface area contributed by atoms with Crippen molar-refractivity contribution in [1.82, 2.24) is 0 Å². The molecule has 102 valence electrons. The van der Waals surface area contributed by atoms with Gasteiger partial charge in [-0.3, -0.25) is 0 Å². The van der Waals surface area contributed by atoms with Gasteiger partial charge in [-0.15, -0.1) is 0 Å². The normalized spacial score (nSPS) is 10.3. The molecule has 0 aliphatic heterocycles. The van der Waals surface area contributed by atoms with Gasteiger partial charge in [0.15, 0.2) is 0 Å². The number of hydrogen-bond acceptors (Lipinski definition) is 2. The molecule has 0 saturated carbocycles. The second kappa shape index (κ2) is 9.81. The van der Waals surface area contributed by atoms with E-state index in [4.69, 9.17) is 9.47 Å². The summed E-state index contributed by atoms with van der Waals surface area (Å²) < 4.78 is 11.4. The number of benzene rings is 1. The fourth-order valence-corrected chi connectivity index (χ4v) is 1.71. The van der Waals surface area contributed by atoms with Crippen molar-refractivity contribution in [1.29, 1.82) is 0 Å². The molecule has 2 nitrogen and oxygen atoms in total. The summed E-state index contributed by atoms with van der Waals surface area (Å²) >= 11 is 0. The maximum atomic E-state index is 5.72. The van der Waals surface area contributed by atoms with Gasteiger partial charge < -0.3 is 9.47 Å². The highest BCUT2D eigenvalue weighted by Gasteiger charge is 1.98. The van der Waals surface area contributed by atoms with Crippen molar-refractivity contribution in [3.8, 4) is 11.5 Å². The van der Waals surface area contributed by atoms with Gasteiger partial charge in [0.25, 0.3) is 0 Å². The van der Waals surface area contributed by atoms with E-state index in [2.05, 4.69) is 13.8 Å². The third kappa shape index (κ3) is 6.53. The molecule has 18 heavy (non-hydrogen) atoms. The predicted molar refractivity (Wildman–Crippen MR) is 76.5 cm³/mol. The first-order valence-corrected chi connectivity index (χ1v) is 7.22. The third-order valence-electron chi connectivity index (χ3n) is 2.84. The standard InChI is InChI=1S/C16H26O2/c1-3-5-7-8-13-18-16-11-9-10-15(14-16)17-12-6-4-2/h9-11,14H,3-8,12-13H2,1-2H3. The molecule has 0 unspecified atom stereocenters. The van der Waals surface area contributed by atoms with E-state index in [9.17, 15) is 0 Å². The first kappa shape index (κ1) is 14.9. The van der Waals surface area contributed by atoms with Crippen LogP contribution in [0.15, 0.2) is 24.3 Å². The first-order chi connectivity index (χ1) is 8.86. The Morgan fingerprint density at radius 2 is 1.39 bits per heavy atom. The van der Waals surface area contributed by atoms with E-state index in [0.29, 0.717) is 0 Å². The van der Waals surface area contributed by atoms with Crippen LogP contribution >= 0.6 is 0 Å². The molecule has 0 atom stereocenters. The average Bonchev–Trinajstić information content (AvgIpc) is 2.39. The monoisotopic (exact) mass is 250 g/mol. The quantitative estimate of drug-likeness (QED) is 0.554. The Morgan fingerprint density at radius 3 is 2.00 bits per heavy atom. The van der Waals surface area contributed by atoms with E-state index < -0.39 is 0 Å². The molecule has 0 spiro atoms. The third-order valence-corrected chi connectivity index (χ3v) is 2.84. The molecule has 0 aliphatic rings. The highest BCUT2D eigenvalue weighted by atomic mass is 16.5. The second-order valence-corrected chi connectivity index (χ2v) is 4.59. The molecule has 0 aliphatic carbocycles. The summed E-state index contributed by atoms with van der Waals surface area (Å²) in [6.45, 7) is 5.98. The summed E-state index contributed by atoms with van der Waals surface area (Å²) in [6.07, 6.45) is 7.21. The smallest absolute Gasteiger partial charge is 0.122 e. The van der Waals surface area contributed by atoms with E-state index in [0.717, 1.165) is 44.0 Å². The Morgan fingerprint density at radius 1 is 0.778 bits per heavy atom. The first-order valence-electron chi connectivity index (χ1n) is 7.22. The van der Waals surface area contributed by atoms with Gasteiger partial charge in [-0.25, -0.2) is 0 Å². The maximum absolute atomic E-state index is 5.72. The Labute approximate surface area is 111 Å². The topological polar surface area (TPSA) is 18.5 Å². The number of ether oxygens (including phenoxy) is 2. The van der Waals surface area contributed by atoms with Gasteiger partial charge in [-0.1, -0.05) is 45.6 Å². The van der Waals surface area contributed by atoms with E-state index in [-0.39, 0.29) is 0 Å². The highest BCUT2D eigenvalue weighted by Crippen LogP contribution is 2.20. The zero-order valence-corrected chi connectivity index (χ0v) is 11.8. The lowest BCUT2D eigenvalue weighted by Crippen LogP contribution is -1.99. The highest BCUT2D eigenvalue weighted by molar-refractivity contribution is 5.32. The fourth-order valence-electron chi connectivity index (χ4n) is 1.71. The van der Waals surface area contributed by atoms with Crippen molar-refractivity contribution in [2.45, 2.75) is 52.4 Å². The van der Waals surface area contributed by atoms with Gasteiger partial charge in [-0.2, -0.15) is 0 Å². The fraction of sp³-hybridized carbons (Fsp3) is 0.625. The van der Waals surface area contributed by atoms with Gasteiger partial charge in [0.05, 0.1) is 13.2 Å². The molecule has 1 aromatic rings. The molecule has 1 rings (SSSR count). The van der Waals surface area contributed by atoms with Crippen LogP contribution in [0.1, 0.15) is 52.4 Å². The molecular weight excluding hydrogens is 224 g/mol. The van der Waals surface area contributed by atoms with Crippen molar-refractivity contribution in [3.63, 3.8) is 0 Å². The van der Waals surface area contributed by atoms with Gasteiger partial charge in [-0.05, 0) is 25.0 Å². The lowest BCUT2D eigenvalue weighted by Gasteiger charge is -2.09. The van der Waals surface area contributed by atoms with Crippen LogP contribution in [-0.2, 0) is 0 Å². The van der Waals surface area contributed by atoms with Crippen molar-refractivity contribution in [3.05, 3.63) is 24.3 Å². The zero-order chi connectivity index (χ0) is 13.1. The van der Waals surface area contributed by atoms with Crippen LogP contribution in [0.2, 0.25) is 0 Å². The molecular formula is C16H26O2. The predicted octanol–water partition coefficient (Wildman–Crippen LogP) is 4.82. The van der Waals surface area contributed by atoms with E-state index in [1.165, 1.54) is 19.3 Å². The lowest BCUT2D eigenvalue weighted by molar-refractivity contribution is 0.292. The van der Waals surface area contributed by atoms with E-state index in [1.807, 2.05) is 24.3 Å². The molecule has 0 amide bonds. The van der Waals surface area contributed by atoms with Gasteiger partial charge >= 0.3 is 0 Å². The average molecular weight is 250 g/mol. The maximum Gasteiger partial charge on any atom is 0.122 e. The molecule has 0 radical (unpaired) electrons. The minimum absolute atomic E-state index is 0.788. The van der Waals surface area contributed by atoms with Crippen LogP contribution in [0.25, 0.3) is 0 Å². The Hall–Kier alpha value is -1.18. The SMILES string of the molecule is CCCCCCOc1cccc(OCCCC)c1. The minimum atomic E-state index is 0.788. The largest absolute Gasteiger partial charge is 0.493 e. The van der Waals surface area contributed by atoms with Crippen molar-refractivity contribution >= 4 is 0 Å². The van der Waals surface area contributed by atoms with Crippen molar-refractivity contribution < 1.29 is 9.47 Å². The van der Waals surface area contributed by atoms with E-state index >= 15 is 0 Å². The summed E-state index contributed by atoms with van der Waals surface area (Å²) in [5.74, 6) is 1.83. The van der Waals surface area contributed by atoms with Crippen molar-refractivity contribution in [2.24, 2.45) is 0 Å². The summed E-state index contributed by atoms with van der Waals surface area (Å²) in [5, 5.41) is 0. The van der Waals surface area contributed by atoms with Crippen LogP contribution in [0.4, 0.5) is 0 Å². The molecule has 0 bridgehead atoms. The Bertz CT molecular complexity index is 310. The summed E-state index contributed by atoms with van der Waals surface area (Å²) in [6, 6.07) is 7.95. The number of unbranched alkanes of at least 4 members (excludes halogenated alkanes) is 4. The molecule has 0 heterocycles. The van der Waals surface area contributed by atoms with Gasteiger partial charge in [0.2, 0.25) is 0 Å². The molecule has 0 aromatic heterocycles. The number of rotatable bonds is 10.